The van der Waals surface area contributed by atoms with Crippen LogP contribution in [0.5, 0.6) is 0 Å². The Hall–Kier alpha value is -0.730. The van der Waals surface area contributed by atoms with E-state index in [1.807, 2.05) is 13.8 Å². The predicted molar refractivity (Wildman–Crippen MR) is 83.0 cm³/mol. The second kappa shape index (κ2) is 16.6. The molecule has 22 heavy (non-hydrogen) atoms. The lowest BCUT2D eigenvalue weighted by Crippen LogP contribution is -2.31. The van der Waals surface area contributed by atoms with Gasteiger partial charge in [-0.25, -0.2) is 0 Å². The van der Waals surface area contributed by atoms with Crippen molar-refractivity contribution >= 4 is 5.91 Å². The average Bonchev–Trinajstić information content (AvgIpc) is 2.49. The number of hydrogen-bond acceptors (Lipinski definition) is 6. The van der Waals surface area contributed by atoms with Gasteiger partial charge in [-0.1, -0.05) is 13.8 Å². The first-order valence-corrected chi connectivity index (χ1v) is 7.73. The Bertz CT molecular complexity index is 250. The van der Waals surface area contributed by atoms with Gasteiger partial charge in [-0.05, 0) is 5.92 Å². The van der Waals surface area contributed by atoms with Gasteiger partial charge in [0.15, 0.2) is 0 Å². The third-order valence-corrected chi connectivity index (χ3v) is 2.49. The average molecular weight is 321 g/mol. The number of amides is 1. The maximum Gasteiger partial charge on any atom is 0.246 e. The molecule has 132 valence electrons. The standard InChI is InChI=1S/C15H31NO6/c1-14(2)12-16-15(17)13-22-11-10-21-9-8-20-7-6-19-5-4-18-3/h14H,4-13H2,1-3H3,(H,16,17). The minimum atomic E-state index is -0.0921. The topological polar surface area (TPSA) is 75.2 Å². The van der Waals surface area contributed by atoms with Crippen LogP contribution in [0.4, 0.5) is 0 Å². The summed E-state index contributed by atoms with van der Waals surface area (Å²) in [4.78, 5) is 11.3. The quantitative estimate of drug-likeness (QED) is 0.417. The van der Waals surface area contributed by atoms with Crippen molar-refractivity contribution in [2.45, 2.75) is 13.8 Å². The van der Waals surface area contributed by atoms with Crippen LogP contribution in [-0.2, 0) is 28.5 Å². The SMILES string of the molecule is COCCOCCOCCOCCOCC(=O)NCC(C)C. The van der Waals surface area contributed by atoms with Crippen LogP contribution < -0.4 is 5.32 Å². The van der Waals surface area contributed by atoms with Crippen molar-refractivity contribution in [3.8, 4) is 0 Å². The normalized spacial score (nSPS) is 11.1. The van der Waals surface area contributed by atoms with Gasteiger partial charge >= 0.3 is 0 Å². The van der Waals surface area contributed by atoms with Crippen LogP contribution in [0.2, 0.25) is 0 Å². The van der Waals surface area contributed by atoms with Crippen molar-refractivity contribution in [2.75, 3.05) is 73.1 Å². The number of nitrogens with one attached hydrogen (secondary N) is 1. The summed E-state index contributed by atoms with van der Waals surface area (Å²) >= 11 is 0. The molecule has 0 spiro atoms. The van der Waals surface area contributed by atoms with E-state index in [1.165, 1.54) is 0 Å². The number of rotatable bonds is 16. The Labute approximate surface area is 133 Å². The summed E-state index contributed by atoms with van der Waals surface area (Å²) in [5, 5.41) is 2.78. The fourth-order valence-corrected chi connectivity index (χ4v) is 1.34. The highest BCUT2D eigenvalue weighted by Gasteiger charge is 2.01. The molecule has 0 unspecified atom stereocenters. The van der Waals surface area contributed by atoms with Crippen LogP contribution in [-0.4, -0.2) is 79.0 Å². The van der Waals surface area contributed by atoms with Gasteiger partial charge < -0.3 is 29.0 Å². The smallest absolute Gasteiger partial charge is 0.246 e. The summed E-state index contributed by atoms with van der Waals surface area (Å²) < 4.78 is 25.9. The summed E-state index contributed by atoms with van der Waals surface area (Å²) in [5.74, 6) is 0.350. The van der Waals surface area contributed by atoms with E-state index in [-0.39, 0.29) is 12.5 Å². The van der Waals surface area contributed by atoms with Crippen molar-refractivity contribution in [3.63, 3.8) is 0 Å². The lowest BCUT2D eigenvalue weighted by Gasteiger charge is -2.09. The Balaban J connectivity index is 3.09. The second-order valence-corrected chi connectivity index (χ2v) is 5.08. The zero-order valence-corrected chi connectivity index (χ0v) is 14.1. The van der Waals surface area contributed by atoms with Crippen LogP contribution >= 0.6 is 0 Å². The first kappa shape index (κ1) is 21.3. The molecule has 0 fully saturated rings. The van der Waals surface area contributed by atoms with E-state index in [0.29, 0.717) is 65.3 Å². The molecule has 0 radical (unpaired) electrons. The zero-order valence-electron chi connectivity index (χ0n) is 14.1. The maximum atomic E-state index is 11.3. The van der Waals surface area contributed by atoms with Gasteiger partial charge in [0.05, 0.1) is 52.9 Å². The van der Waals surface area contributed by atoms with Crippen molar-refractivity contribution < 1.29 is 28.5 Å². The van der Waals surface area contributed by atoms with Gasteiger partial charge in [0.25, 0.3) is 0 Å². The highest BCUT2D eigenvalue weighted by Crippen LogP contribution is 1.87. The summed E-state index contributed by atoms with van der Waals surface area (Å²) in [6.07, 6.45) is 0. The van der Waals surface area contributed by atoms with Gasteiger partial charge in [-0.2, -0.15) is 0 Å². The van der Waals surface area contributed by atoms with E-state index >= 15 is 0 Å². The maximum absolute atomic E-state index is 11.3. The molecule has 0 aliphatic rings. The lowest BCUT2D eigenvalue weighted by atomic mass is 10.2. The lowest BCUT2D eigenvalue weighted by molar-refractivity contribution is -0.126. The molecule has 0 aromatic carbocycles. The number of hydrogen-bond donors (Lipinski definition) is 1. The van der Waals surface area contributed by atoms with E-state index < -0.39 is 0 Å². The molecular formula is C15H31NO6. The van der Waals surface area contributed by atoms with Crippen LogP contribution in [0, 0.1) is 5.92 Å². The molecule has 0 bridgehead atoms. The molecule has 0 rings (SSSR count). The van der Waals surface area contributed by atoms with E-state index in [1.54, 1.807) is 7.11 Å². The Morgan fingerprint density at radius 3 is 1.73 bits per heavy atom. The van der Waals surface area contributed by atoms with Crippen molar-refractivity contribution in [1.82, 2.24) is 5.32 Å². The first-order valence-electron chi connectivity index (χ1n) is 7.73. The van der Waals surface area contributed by atoms with Crippen LogP contribution in [0.15, 0.2) is 0 Å². The fourth-order valence-electron chi connectivity index (χ4n) is 1.34. The van der Waals surface area contributed by atoms with Crippen molar-refractivity contribution in [3.05, 3.63) is 0 Å². The summed E-state index contributed by atoms with van der Waals surface area (Å²) in [6, 6.07) is 0. The molecule has 1 amide bonds. The van der Waals surface area contributed by atoms with Gasteiger partial charge in [0.1, 0.15) is 6.61 Å². The molecule has 7 nitrogen and oxygen atoms in total. The van der Waals surface area contributed by atoms with Crippen LogP contribution in [0.25, 0.3) is 0 Å². The highest BCUT2D eigenvalue weighted by atomic mass is 16.6. The third kappa shape index (κ3) is 17.3. The van der Waals surface area contributed by atoms with Gasteiger partial charge in [-0.3, -0.25) is 4.79 Å². The molecule has 1 N–H and O–H groups in total. The van der Waals surface area contributed by atoms with E-state index in [0.717, 1.165) is 0 Å². The minimum Gasteiger partial charge on any atom is -0.382 e. The summed E-state index contributed by atoms with van der Waals surface area (Å²) in [6.45, 7) is 8.97. The number of methoxy groups -OCH3 is 1. The van der Waals surface area contributed by atoms with E-state index in [4.69, 9.17) is 23.7 Å². The fraction of sp³-hybridized carbons (Fsp3) is 0.933. The number of carbonyl (C=O) groups excluding carboxylic acids is 1. The number of carbonyl (C=O) groups is 1. The molecule has 0 aliphatic carbocycles. The third-order valence-electron chi connectivity index (χ3n) is 2.49. The van der Waals surface area contributed by atoms with Gasteiger partial charge in [0, 0.05) is 13.7 Å². The molecule has 0 saturated heterocycles. The Morgan fingerprint density at radius 2 is 1.27 bits per heavy atom. The summed E-state index contributed by atoms with van der Waals surface area (Å²) in [7, 11) is 1.64. The molecule has 0 aromatic rings. The van der Waals surface area contributed by atoms with Crippen LogP contribution in [0.1, 0.15) is 13.8 Å². The van der Waals surface area contributed by atoms with E-state index in [9.17, 15) is 4.79 Å². The minimum absolute atomic E-state index is 0.0748. The molecule has 0 aliphatic heterocycles. The molecule has 0 aromatic heterocycles. The van der Waals surface area contributed by atoms with Crippen molar-refractivity contribution in [1.29, 1.82) is 0 Å². The Morgan fingerprint density at radius 1 is 0.818 bits per heavy atom. The van der Waals surface area contributed by atoms with Gasteiger partial charge in [-0.15, -0.1) is 0 Å². The molecular weight excluding hydrogens is 290 g/mol. The first-order chi connectivity index (χ1) is 10.7. The zero-order chi connectivity index (χ0) is 16.5. The highest BCUT2D eigenvalue weighted by molar-refractivity contribution is 5.77. The second-order valence-electron chi connectivity index (χ2n) is 5.08. The van der Waals surface area contributed by atoms with Crippen molar-refractivity contribution in [2.24, 2.45) is 5.92 Å². The monoisotopic (exact) mass is 321 g/mol. The van der Waals surface area contributed by atoms with Gasteiger partial charge in [0.2, 0.25) is 5.91 Å². The molecule has 0 atom stereocenters. The van der Waals surface area contributed by atoms with E-state index in [2.05, 4.69) is 5.32 Å². The number of ether oxygens (including phenoxy) is 5. The largest absolute Gasteiger partial charge is 0.382 e. The summed E-state index contributed by atoms with van der Waals surface area (Å²) in [5.41, 5.74) is 0. The Kier molecular flexibility index (Phi) is 16.1. The molecule has 7 heteroatoms. The van der Waals surface area contributed by atoms with Crippen LogP contribution in [0.3, 0.4) is 0 Å². The predicted octanol–water partition coefficient (Wildman–Crippen LogP) is 0.471. The molecule has 0 heterocycles. The molecule has 0 saturated carbocycles.